The number of Topliss-reactive ketones (excluding diaryl/α,β-unsaturated/α-hetero) is 1. The van der Waals surface area contributed by atoms with Crippen LogP contribution in [-0.4, -0.2) is 27.6 Å². The summed E-state index contributed by atoms with van der Waals surface area (Å²) in [7, 11) is 0. The number of aromatic nitrogens is 2. The molecule has 2 aromatic carbocycles. The molecule has 0 fully saturated rings. The number of hydrogen-bond acceptors (Lipinski definition) is 4. The molecule has 1 heterocycles. The maximum absolute atomic E-state index is 12.7. The van der Waals surface area contributed by atoms with Gasteiger partial charge in [0.05, 0.1) is 16.9 Å². The quantitative estimate of drug-likeness (QED) is 0.432. The van der Waals surface area contributed by atoms with Crippen LogP contribution in [0.3, 0.4) is 0 Å². The SMILES string of the molecule is Cc1cc(C)n(-c2ccc(C(=O)OC(C)C(=O)c3ccc(C(C)(C)C)cc3)cc2)n1. The normalized spacial score (nSPS) is 12.5. The van der Waals surface area contributed by atoms with Crippen molar-refractivity contribution in [2.24, 2.45) is 0 Å². The monoisotopic (exact) mass is 404 g/mol. The van der Waals surface area contributed by atoms with E-state index in [1.165, 1.54) is 0 Å². The van der Waals surface area contributed by atoms with Gasteiger partial charge in [0.1, 0.15) is 0 Å². The van der Waals surface area contributed by atoms with Crippen LogP contribution in [-0.2, 0) is 10.2 Å². The second-order valence-electron chi connectivity index (χ2n) is 8.62. The Morgan fingerprint density at radius 1 is 0.933 bits per heavy atom. The molecule has 1 atom stereocenters. The van der Waals surface area contributed by atoms with E-state index in [4.69, 9.17) is 4.74 Å². The number of aryl methyl sites for hydroxylation is 2. The summed E-state index contributed by atoms with van der Waals surface area (Å²) in [5.41, 5.74) is 4.88. The lowest BCUT2D eigenvalue weighted by Crippen LogP contribution is -2.24. The Morgan fingerprint density at radius 3 is 2.00 bits per heavy atom. The van der Waals surface area contributed by atoms with Crippen molar-refractivity contribution in [2.75, 3.05) is 0 Å². The molecule has 0 bridgehead atoms. The van der Waals surface area contributed by atoms with E-state index < -0.39 is 12.1 Å². The zero-order valence-corrected chi connectivity index (χ0v) is 18.4. The number of esters is 1. The van der Waals surface area contributed by atoms with Crippen LogP contribution < -0.4 is 0 Å². The first kappa shape index (κ1) is 21.5. The molecule has 0 aliphatic rings. The summed E-state index contributed by atoms with van der Waals surface area (Å²) in [6.45, 7) is 11.9. The Kier molecular flexibility index (Phi) is 5.92. The van der Waals surface area contributed by atoms with Gasteiger partial charge >= 0.3 is 5.97 Å². The standard InChI is InChI=1S/C25H28N2O3/c1-16-15-17(2)27(26-16)22-13-9-20(10-14-22)24(29)30-18(3)23(28)19-7-11-21(12-8-19)25(4,5)6/h7-15,18H,1-6H3. The highest BCUT2D eigenvalue weighted by Crippen LogP contribution is 2.23. The highest BCUT2D eigenvalue weighted by atomic mass is 16.5. The van der Waals surface area contributed by atoms with E-state index in [1.54, 1.807) is 31.2 Å². The van der Waals surface area contributed by atoms with Crippen molar-refractivity contribution >= 4 is 11.8 Å². The Balaban J connectivity index is 1.67. The first-order chi connectivity index (χ1) is 14.1. The first-order valence-electron chi connectivity index (χ1n) is 10.1. The molecule has 0 saturated carbocycles. The van der Waals surface area contributed by atoms with Gasteiger partial charge in [-0.2, -0.15) is 5.10 Å². The average molecular weight is 405 g/mol. The second kappa shape index (κ2) is 8.27. The molecule has 0 aliphatic heterocycles. The third-order valence-corrected chi connectivity index (χ3v) is 5.05. The average Bonchev–Trinajstić information content (AvgIpc) is 3.04. The van der Waals surface area contributed by atoms with Gasteiger partial charge in [0.25, 0.3) is 0 Å². The molecule has 3 aromatic rings. The summed E-state index contributed by atoms with van der Waals surface area (Å²) < 4.78 is 7.23. The summed E-state index contributed by atoms with van der Waals surface area (Å²) >= 11 is 0. The molecular weight excluding hydrogens is 376 g/mol. The van der Waals surface area contributed by atoms with E-state index in [1.807, 2.05) is 48.9 Å². The van der Waals surface area contributed by atoms with E-state index in [9.17, 15) is 9.59 Å². The van der Waals surface area contributed by atoms with Crippen LogP contribution in [0.5, 0.6) is 0 Å². The maximum atomic E-state index is 12.7. The number of ketones is 1. The second-order valence-corrected chi connectivity index (χ2v) is 8.62. The Bertz CT molecular complexity index is 1060. The van der Waals surface area contributed by atoms with Gasteiger partial charge in [0.2, 0.25) is 5.78 Å². The number of hydrogen-bond donors (Lipinski definition) is 0. The molecule has 0 spiro atoms. The third kappa shape index (κ3) is 4.67. The maximum Gasteiger partial charge on any atom is 0.338 e. The minimum Gasteiger partial charge on any atom is -0.451 e. The van der Waals surface area contributed by atoms with Gasteiger partial charge in [0, 0.05) is 11.3 Å². The van der Waals surface area contributed by atoms with Gasteiger partial charge in [0.15, 0.2) is 6.10 Å². The van der Waals surface area contributed by atoms with Crippen molar-refractivity contribution in [3.63, 3.8) is 0 Å². The van der Waals surface area contributed by atoms with Crippen LogP contribution in [0.2, 0.25) is 0 Å². The van der Waals surface area contributed by atoms with E-state index >= 15 is 0 Å². The van der Waals surface area contributed by atoms with Crippen LogP contribution >= 0.6 is 0 Å². The Labute approximate surface area is 177 Å². The number of rotatable bonds is 5. The van der Waals surface area contributed by atoms with E-state index in [-0.39, 0.29) is 11.2 Å². The van der Waals surface area contributed by atoms with E-state index in [0.717, 1.165) is 22.6 Å². The number of nitrogens with zero attached hydrogens (tertiary/aromatic N) is 2. The van der Waals surface area contributed by atoms with E-state index in [2.05, 4.69) is 25.9 Å². The van der Waals surface area contributed by atoms with Crippen molar-refractivity contribution in [1.29, 1.82) is 0 Å². The first-order valence-corrected chi connectivity index (χ1v) is 10.1. The van der Waals surface area contributed by atoms with Crippen molar-refractivity contribution in [1.82, 2.24) is 9.78 Å². The fraction of sp³-hybridized carbons (Fsp3) is 0.320. The lowest BCUT2D eigenvalue weighted by atomic mass is 9.86. The zero-order chi connectivity index (χ0) is 22.1. The molecule has 0 N–H and O–H groups in total. The third-order valence-electron chi connectivity index (χ3n) is 5.05. The largest absolute Gasteiger partial charge is 0.451 e. The zero-order valence-electron chi connectivity index (χ0n) is 18.4. The molecule has 0 saturated heterocycles. The number of carbonyl (C=O) groups excluding carboxylic acids is 2. The molecule has 0 amide bonds. The van der Waals surface area contributed by atoms with Gasteiger partial charge in [-0.15, -0.1) is 0 Å². The number of ether oxygens (including phenoxy) is 1. The Morgan fingerprint density at radius 2 is 1.50 bits per heavy atom. The summed E-state index contributed by atoms with van der Waals surface area (Å²) in [4.78, 5) is 25.2. The predicted molar refractivity (Wildman–Crippen MR) is 117 cm³/mol. The van der Waals surface area contributed by atoms with Crippen LogP contribution in [0.25, 0.3) is 5.69 Å². The fourth-order valence-corrected chi connectivity index (χ4v) is 3.28. The van der Waals surface area contributed by atoms with Crippen LogP contribution in [0, 0.1) is 13.8 Å². The van der Waals surface area contributed by atoms with Gasteiger partial charge in [-0.3, -0.25) is 4.79 Å². The minimum absolute atomic E-state index is 0.0131. The van der Waals surface area contributed by atoms with Gasteiger partial charge in [-0.25, -0.2) is 9.48 Å². The van der Waals surface area contributed by atoms with Crippen molar-refractivity contribution in [3.8, 4) is 5.69 Å². The molecule has 3 rings (SSSR count). The molecule has 5 nitrogen and oxygen atoms in total. The van der Waals surface area contributed by atoms with Crippen molar-refractivity contribution in [3.05, 3.63) is 82.7 Å². The highest BCUT2D eigenvalue weighted by molar-refractivity contribution is 6.01. The summed E-state index contributed by atoms with van der Waals surface area (Å²) in [6.07, 6.45) is -0.867. The summed E-state index contributed by atoms with van der Waals surface area (Å²) in [5.74, 6) is -0.745. The minimum atomic E-state index is -0.867. The van der Waals surface area contributed by atoms with Crippen molar-refractivity contribution < 1.29 is 14.3 Å². The lowest BCUT2D eigenvalue weighted by Gasteiger charge is -2.19. The van der Waals surface area contributed by atoms with Gasteiger partial charge in [-0.1, -0.05) is 45.0 Å². The molecular formula is C25H28N2O3. The van der Waals surface area contributed by atoms with Crippen LogP contribution in [0.4, 0.5) is 0 Å². The molecule has 30 heavy (non-hydrogen) atoms. The summed E-state index contributed by atoms with van der Waals surface area (Å²) in [6, 6.07) is 16.4. The van der Waals surface area contributed by atoms with Crippen molar-refractivity contribution in [2.45, 2.75) is 53.1 Å². The lowest BCUT2D eigenvalue weighted by molar-refractivity contribution is 0.0319. The molecule has 5 heteroatoms. The fourth-order valence-electron chi connectivity index (χ4n) is 3.28. The topological polar surface area (TPSA) is 61.2 Å². The van der Waals surface area contributed by atoms with E-state index in [0.29, 0.717) is 11.1 Å². The number of benzene rings is 2. The molecule has 156 valence electrons. The highest BCUT2D eigenvalue weighted by Gasteiger charge is 2.21. The summed E-state index contributed by atoms with van der Waals surface area (Å²) in [5, 5.41) is 4.44. The Hall–Kier alpha value is -3.21. The molecule has 0 radical (unpaired) electrons. The molecule has 1 aromatic heterocycles. The van der Waals surface area contributed by atoms with Gasteiger partial charge < -0.3 is 4.74 Å². The molecule has 0 aliphatic carbocycles. The van der Waals surface area contributed by atoms with Gasteiger partial charge in [-0.05, 0) is 62.1 Å². The predicted octanol–water partition coefficient (Wildman–Crippen LogP) is 5.21. The van der Waals surface area contributed by atoms with Crippen LogP contribution in [0.15, 0.2) is 54.6 Å². The molecule has 1 unspecified atom stereocenters. The van der Waals surface area contributed by atoms with Crippen LogP contribution in [0.1, 0.15) is 65.4 Å². The smallest absolute Gasteiger partial charge is 0.338 e. The number of carbonyl (C=O) groups is 2.